The number of allylic oxidation sites excluding steroid dienone is 3. The van der Waals surface area contributed by atoms with E-state index in [9.17, 15) is 9.59 Å². The number of rotatable bonds is 10. The molecule has 174 valence electrons. The second-order valence-electron chi connectivity index (χ2n) is 8.56. The van der Waals surface area contributed by atoms with Gasteiger partial charge in [-0.3, -0.25) is 4.79 Å². The Morgan fingerprint density at radius 3 is 2.66 bits per heavy atom. The smallest absolute Gasteiger partial charge is 0.342 e. The lowest BCUT2D eigenvalue weighted by Gasteiger charge is -2.18. The Labute approximate surface area is 191 Å². The summed E-state index contributed by atoms with van der Waals surface area (Å²) in [5.74, 6) is 0.965. The van der Waals surface area contributed by atoms with E-state index >= 15 is 0 Å². The quantitative estimate of drug-likeness (QED) is 0.410. The molecule has 0 fully saturated rings. The molecule has 6 nitrogen and oxygen atoms in total. The van der Waals surface area contributed by atoms with E-state index in [1.165, 1.54) is 31.3 Å². The van der Waals surface area contributed by atoms with Crippen molar-refractivity contribution < 1.29 is 23.8 Å². The fourth-order valence-electron chi connectivity index (χ4n) is 4.51. The summed E-state index contributed by atoms with van der Waals surface area (Å²) in [5, 5.41) is 3.04. The van der Waals surface area contributed by atoms with Gasteiger partial charge in [0, 0.05) is 24.1 Å². The van der Waals surface area contributed by atoms with Crippen LogP contribution in [0, 0.1) is 6.92 Å². The van der Waals surface area contributed by atoms with E-state index in [4.69, 9.17) is 14.2 Å². The van der Waals surface area contributed by atoms with Gasteiger partial charge in [0.25, 0.3) is 0 Å². The van der Waals surface area contributed by atoms with Crippen LogP contribution in [0.5, 0.6) is 11.5 Å². The van der Waals surface area contributed by atoms with Crippen LogP contribution in [-0.4, -0.2) is 32.6 Å². The zero-order valence-electron chi connectivity index (χ0n) is 19.8. The second kappa shape index (κ2) is 11.2. The molecule has 0 saturated carbocycles. The minimum absolute atomic E-state index is 0.0837. The van der Waals surface area contributed by atoms with Crippen molar-refractivity contribution in [1.82, 2.24) is 5.32 Å². The molecule has 3 rings (SSSR count). The average Bonchev–Trinajstić information content (AvgIpc) is 3.19. The third-order valence-corrected chi connectivity index (χ3v) is 6.38. The average molecular weight is 442 g/mol. The van der Waals surface area contributed by atoms with Crippen molar-refractivity contribution in [3.8, 4) is 11.5 Å². The Kier molecular flexibility index (Phi) is 8.37. The van der Waals surface area contributed by atoms with Crippen LogP contribution in [0.3, 0.4) is 0 Å². The van der Waals surface area contributed by atoms with Crippen LogP contribution in [0.25, 0.3) is 0 Å². The molecule has 1 aliphatic heterocycles. The Bertz CT molecular complexity index is 929. The highest BCUT2D eigenvalue weighted by molar-refractivity contribution is 5.98. The topological polar surface area (TPSA) is 73.9 Å². The number of amides is 1. The number of esters is 1. The first-order valence-corrected chi connectivity index (χ1v) is 11.5. The molecule has 2 aliphatic rings. The molecule has 0 aromatic heterocycles. The highest BCUT2D eigenvalue weighted by Gasteiger charge is 2.32. The van der Waals surface area contributed by atoms with Gasteiger partial charge in [-0.1, -0.05) is 23.3 Å². The number of carbonyl (C=O) groups excluding carboxylic acids is 2. The predicted molar refractivity (Wildman–Crippen MR) is 124 cm³/mol. The van der Waals surface area contributed by atoms with Gasteiger partial charge in [-0.2, -0.15) is 0 Å². The van der Waals surface area contributed by atoms with Gasteiger partial charge in [0.1, 0.15) is 23.7 Å². The summed E-state index contributed by atoms with van der Waals surface area (Å²) in [6, 6.07) is 0. The van der Waals surface area contributed by atoms with Crippen LogP contribution >= 0.6 is 0 Å². The van der Waals surface area contributed by atoms with Crippen molar-refractivity contribution in [3.05, 3.63) is 45.6 Å². The fraction of sp³-hybridized carbons (Fsp3) is 0.538. The summed E-state index contributed by atoms with van der Waals surface area (Å²) >= 11 is 0. The Hall–Kier alpha value is -2.76. The maximum atomic E-state index is 12.2. The van der Waals surface area contributed by atoms with Crippen molar-refractivity contribution >= 4 is 11.9 Å². The molecule has 1 heterocycles. The van der Waals surface area contributed by atoms with Crippen molar-refractivity contribution in [3.63, 3.8) is 0 Å². The molecule has 0 atom stereocenters. The van der Waals surface area contributed by atoms with E-state index in [1.807, 2.05) is 13.8 Å². The lowest BCUT2D eigenvalue weighted by atomic mass is 9.94. The molecule has 0 radical (unpaired) electrons. The van der Waals surface area contributed by atoms with Crippen LogP contribution in [0.1, 0.15) is 78.9 Å². The van der Waals surface area contributed by atoms with Crippen LogP contribution in [0.15, 0.2) is 23.3 Å². The van der Waals surface area contributed by atoms with Gasteiger partial charge >= 0.3 is 5.97 Å². The highest BCUT2D eigenvalue weighted by atomic mass is 16.5. The van der Waals surface area contributed by atoms with E-state index in [2.05, 4.69) is 17.5 Å². The number of cyclic esters (lactones) is 1. The molecule has 6 heteroatoms. The SMILES string of the molecule is COc1c(C)c2c(c(OC)c1CC=C(C)CCC(=O)NCCC1=CCCCC1)C(=O)OC2. The number of hydrogen-bond acceptors (Lipinski definition) is 5. The molecule has 0 spiro atoms. The summed E-state index contributed by atoms with van der Waals surface area (Å²) < 4.78 is 16.5. The van der Waals surface area contributed by atoms with E-state index in [0.717, 1.165) is 34.4 Å². The van der Waals surface area contributed by atoms with Gasteiger partial charge in [0.2, 0.25) is 5.91 Å². The Balaban J connectivity index is 1.59. The molecular formula is C26H35NO5. The number of hydrogen-bond donors (Lipinski definition) is 1. The number of methoxy groups -OCH3 is 2. The van der Waals surface area contributed by atoms with Crippen LogP contribution in [0.2, 0.25) is 0 Å². The molecular weight excluding hydrogens is 406 g/mol. The van der Waals surface area contributed by atoms with Gasteiger partial charge in [0.15, 0.2) is 0 Å². The molecule has 0 unspecified atom stereocenters. The fourth-order valence-corrected chi connectivity index (χ4v) is 4.51. The van der Waals surface area contributed by atoms with Crippen molar-refractivity contribution in [2.75, 3.05) is 20.8 Å². The van der Waals surface area contributed by atoms with E-state index in [-0.39, 0.29) is 18.5 Å². The van der Waals surface area contributed by atoms with Gasteiger partial charge < -0.3 is 19.5 Å². The van der Waals surface area contributed by atoms with Crippen molar-refractivity contribution in [1.29, 1.82) is 0 Å². The molecule has 32 heavy (non-hydrogen) atoms. The van der Waals surface area contributed by atoms with E-state index in [0.29, 0.717) is 37.1 Å². The molecule has 1 aromatic carbocycles. The Morgan fingerprint density at radius 1 is 1.19 bits per heavy atom. The number of benzene rings is 1. The standard InChI is InChI=1S/C26H35NO5/c1-17(11-13-22(28)27-15-14-19-8-6-5-7-9-19)10-12-20-24(30-3)18(2)21-16-32-26(29)23(21)25(20)31-4/h8,10H,5-7,9,11-16H2,1-4H3,(H,27,28). The first kappa shape index (κ1) is 23.9. The molecule has 0 saturated heterocycles. The summed E-state index contributed by atoms with van der Waals surface area (Å²) in [4.78, 5) is 24.5. The maximum Gasteiger partial charge on any atom is 0.342 e. The third-order valence-electron chi connectivity index (χ3n) is 6.38. The molecule has 1 N–H and O–H groups in total. The van der Waals surface area contributed by atoms with Crippen LogP contribution in [-0.2, 0) is 22.6 Å². The zero-order valence-corrected chi connectivity index (χ0v) is 19.8. The number of carbonyl (C=O) groups is 2. The molecule has 1 aliphatic carbocycles. The van der Waals surface area contributed by atoms with Crippen LogP contribution in [0.4, 0.5) is 0 Å². The van der Waals surface area contributed by atoms with E-state index in [1.54, 1.807) is 14.2 Å². The summed E-state index contributed by atoms with van der Waals surface area (Å²) in [6.45, 7) is 4.92. The highest BCUT2D eigenvalue weighted by Crippen LogP contribution is 2.42. The monoisotopic (exact) mass is 441 g/mol. The van der Waals surface area contributed by atoms with Crippen molar-refractivity contribution in [2.45, 2.75) is 71.8 Å². The molecule has 1 aromatic rings. The lowest BCUT2D eigenvalue weighted by molar-refractivity contribution is -0.121. The van der Waals surface area contributed by atoms with E-state index < -0.39 is 0 Å². The number of nitrogens with one attached hydrogen (secondary N) is 1. The van der Waals surface area contributed by atoms with Crippen LogP contribution < -0.4 is 14.8 Å². The molecule has 1 amide bonds. The lowest BCUT2D eigenvalue weighted by Crippen LogP contribution is -2.24. The minimum atomic E-state index is -0.356. The van der Waals surface area contributed by atoms with Gasteiger partial charge in [-0.25, -0.2) is 4.79 Å². The summed E-state index contributed by atoms with van der Waals surface area (Å²) in [7, 11) is 3.18. The van der Waals surface area contributed by atoms with Crippen molar-refractivity contribution in [2.24, 2.45) is 0 Å². The maximum absolute atomic E-state index is 12.2. The number of fused-ring (bicyclic) bond motifs is 1. The zero-order chi connectivity index (χ0) is 23.1. The first-order valence-electron chi connectivity index (χ1n) is 11.5. The second-order valence-corrected chi connectivity index (χ2v) is 8.56. The predicted octanol–water partition coefficient (Wildman–Crippen LogP) is 4.96. The van der Waals surface area contributed by atoms with Gasteiger partial charge in [0.05, 0.1) is 14.2 Å². The summed E-state index contributed by atoms with van der Waals surface area (Å²) in [6.07, 6.45) is 12.0. The third kappa shape index (κ3) is 5.53. The van der Waals surface area contributed by atoms with Gasteiger partial charge in [-0.05, 0) is 64.4 Å². The first-order chi connectivity index (χ1) is 15.5. The minimum Gasteiger partial charge on any atom is -0.496 e. The largest absolute Gasteiger partial charge is 0.496 e. The normalized spacial score (nSPS) is 15.7. The Morgan fingerprint density at radius 2 is 1.97 bits per heavy atom. The summed E-state index contributed by atoms with van der Waals surface area (Å²) in [5.41, 5.74) is 5.65. The number of ether oxygens (including phenoxy) is 3. The molecule has 0 bridgehead atoms. The van der Waals surface area contributed by atoms with Gasteiger partial charge in [-0.15, -0.1) is 0 Å².